The van der Waals surface area contributed by atoms with Gasteiger partial charge in [0.25, 0.3) is 5.91 Å². The number of carbonyl (C=O) groups excluding carboxylic acids is 2. The maximum Gasteiger partial charge on any atom is 0.338 e. The number of esters is 1. The van der Waals surface area contributed by atoms with Gasteiger partial charge in [-0.05, 0) is 39.1 Å². The molecule has 2 N–H and O–H groups in total. The number of ether oxygens (including phenoxy) is 1. The standard InChI is InChI=1S/C15H17N3O6S/c1-9-7-13(18-24-9)17-14(19)10(2)23-15(20)11-5-4-6-12(8-11)25(21,22)16-3/h4-8,10,16H,1-3H3,(H,17,18,19). The fraction of sp³-hybridized carbons (Fsp3) is 0.267. The molecule has 1 atom stereocenters. The number of aromatic nitrogens is 1. The molecule has 1 unspecified atom stereocenters. The Balaban J connectivity index is 2.06. The summed E-state index contributed by atoms with van der Waals surface area (Å²) in [6.07, 6.45) is -1.12. The summed E-state index contributed by atoms with van der Waals surface area (Å²) < 4.78 is 35.6. The number of benzene rings is 1. The number of hydrogen-bond donors (Lipinski definition) is 2. The van der Waals surface area contributed by atoms with E-state index in [0.29, 0.717) is 5.76 Å². The van der Waals surface area contributed by atoms with Gasteiger partial charge in [0.05, 0.1) is 10.5 Å². The van der Waals surface area contributed by atoms with E-state index in [1.165, 1.54) is 44.3 Å². The predicted octanol–water partition coefficient (Wildman–Crippen LogP) is 1.08. The number of nitrogens with zero attached hydrogens (tertiary/aromatic N) is 1. The minimum Gasteiger partial charge on any atom is -0.449 e. The van der Waals surface area contributed by atoms with Crippen LogP contribution >= 0.6 is 0 Å². The lowest BCUT2D eigenvalue weighted by atomic mass is 10.2. The molecule has 2 rings (SSSR count). The van der Waals surface area contributed by atoms with Crippen molar-refractivity contribution in [3.63, 3.8) is 0 Å². The first-order valence-corrected chi connectivity index (χ1v) is 8.70. The minimum atomic E-state index is -3.69. The lowest BCUT2D eigenvalue weighted by Gasteiger charge is -2.12. The van der Waals surface area contributed by atoms with Crippen LogP contribution in [0.2, 0.25) is 0 Å². The fourth-order valence-corrected chi connectivity index (χ4v) is 2.62. The summed E-state index contributed by atoms with van der Waals surface area (Å²) in [7, 11) is -2.43. The Hall–Kier alpha value is -2.72. The molecule has 1 amide bonds. The first kappa shape index (κ1) is 18.6. The van der Waals surface area contributed by atoms with E-state index >= 15 is 0 Å². The Bertz CT molecular complexity index is 890. The van der Waals surface area contributed by atoms with Gasteiger partial charge in [0.1, 0.15) is 5.76 Å². The smallest absolute Gasteiger partial charge is 0.338 e. The second kappa shape index (κ2) is 7.45. The number of carbonyl (C=O) groups is 2. The van der Waals surface area contributed by atoms with Crippen molar-refractivity contribution in [3.8, 4) is 0 Å². The minimum absolute atomic E-state index is 0.00764. The van der Waals surface area contributed by atoms with Crippen LogP contribution in [0, 0.1) is 6.92 Å². The van der Waals surface area contributed by atoms with Gasteiger partial charge in [-0.1, -0.05) is 11.2 Å². The average molecular weight is 367 g/mol. The zero-order valence-corrected chi connectivity index (χ0v) is 14.6. The molecule has 1 heterocycles. The van der Waals surface area contributed by atoms with Crippen LogP contribution < -0.4 is 10.0 Å². The molecule has 10 heteroatoms. The Morgan fingerprint density at radius 3 is 2.60 bits per heavy atom. The number of rotatable bonds is 6. The molecule has 1 aromatic heterocycles. The van der Waals surface area contributed by atoms with Crippen molar-refractivity contribution < 1.29 is 27.3 Å². The third-order valence-corrected chi connectivity index (χ3v) is 4.59. The van der Waals surface area contributed by atoms with Crippen LogP contribution in [-0.2, 0) is 19.6 Å². The van der Waals surface area contributed by atoms with Gasteiger partial charge in [-0.3, -0.25) is 4.79 Å². The third-order valence-electron chi connectivity index (χ3n) is 3.18. The van der Waals surface area contributed by atoms with Crippen LogP contribution in [0.5, 0.6) is 0 Å². The molecule has 0 aliphatic rings. The van der Waals surface area contributed by atoms with Crippen molar-refractivity contribution in [3.05, 3.63) is 41.7 Å². The van der Waals surface area contributed by atoms with Crippen molar-refractivity contribution in [2.45, 2.75) is 24.8 Å². The first-order chi connectivity index (χ1) is 11.7. The van der Waals surface area contributed by atoms with E-state index in [0.717, 1.165) is 0 Å². The number of hydrogen-bond acceptors (Lipinski definition) is 7. The van der Waals surface area contributed by atoms with Gasteiger partial charge >= 0.3 is 5.97 Å². The van der Waals surface area contributed by atoms with E-state index in [1.54, 1.807) is 6.92 Å². The molecule has 2 aromatic rings. The number of amides is 1. The molecule has 0 saturated carbocycles. The van der Waals surface area contributed by atoms with Gasteiger partial charge in [0.2, 0.25) is 10.0 Å². The topological polar surface area (TPSA) is 128 Å². The summed E-state index contributed by atoms with van der Waals surface area (Å²) >= 11 is 0. The molecule has 0 saturated heterocycles. The van der Waals surface area contributed by atoms with Crippen molar-refractivity contribution in [1.82, 2.24) is 9.88 Å². The highest BCUT2D eigenvalue weighted by Crippen LogP contribution is 2.13. The van der Waals surface area contributed by atoms with Gasteiger partial charge < -0.3 is 14.6 Å². The SMILES string of the molecule is CNS(=O)(=O)c1cccc(C(=O)OC(C)C(=O)Nc2cc(C)on2)c1. The molecule has 0 aliphatic carbocycles. The van der Waals surface area contributed by atoms with E-state index in [9.17, 15) is 18.0 Å². The molecule has 9 nitrogen and oxygen atoms in total. The summed E-state index contributed by atoms with van der Waals surface area (Å²) in [6, 6.07) is 6.82. The molecule has 0 fully saturated rings. The maximum atomic E-state index is 12.1. The van der Waals surface area contributed by atoms with E-state index in [1.807, 2.05) is 0 Å². The van der Waals surface area contributed by atoms with Gasteiger partial charge in [-0.15, -0.1) is 0 Å². The Labute approximate surface area is 144 Å². The van der Waals surface area contributed by atoms with Crippen LogP contribution in [0.4, 0.5) is 5.82 Å². The number of nitrogens with one attached hydrogen (secondary N) is 2. The molecule has 0 spiro atoms. The van der Waals surface area contributed by atoms with E-state index < -0.39 is 28.0 Å². The van der Waals surface area contributed by atoms with Crippen LogP contribution in [0.1, 0.15) is 23.0 Å². The lowest BCUT2D eigenvalue weighted by molar-refractivity contribution is -0.123. The highest BCUT2D eigenvalue weighted by molar-refractivity contribution is 7.89. The second-order valence-corrected chi connectivity index (χ2v) is 6.98. The highest BCUT2D eigenvalue weighted by atomic mass is 32.2. The Morgan fingerprint density at radius 1 is 1.28 bits per heavy atom. The summed E-state index contributed by atoms with van der Waals surface area (Å²) in [6.45, 7) is 3.05. The number of anilines is 1. The fourth-order valence-electron chi connectivity index (χ4n) is 1.84. The normalized spacial score (nSPS) is 12.4. The third kappa shape index (κ3) is 4.64. The Morgan fingerprint density at radius 2 is 2.00 bits per heavy atom. The van der Waals surface area contributed by atoms with Crippen molar-refractivity contribution in [2.24, 2.45) is 0 Å². The summed E-state index contributed by atoms with van der Waals surface area (Å²) in [5.74, 6) is -0.706. The monoisotopic (exact) mass is 367 g/mol. The first-order valence-electron chi connectivity index (χ1n) is 7.21. The zero-order chi connectivity index (χ0) is 18.6. The Kier molecular flexibility index (Phi) is 5.55. The zero-order valence-electron chi connectivity index (χ0n) is 13.8. The summed E-state index contributed by atoms with van der Waals surface area (Å²) in [4.78, 5) is 24.0. The molecular weight excluding hydrogens is 350 g/mol. The van der Waals surface area contributed by atoms with Crippen LogP contribution in [-0.4, -0.2) is 38.6 Å². The number of aryl methyl sites for hydroxylation is 1. The van der Waals surface area contributed by atoms with E-state index in [-0.39, 0.29) is 16.3 Å². The van der Waals surface area contributed by atoms with Crippen molar-refractivity contribution in [1.29, 1.82) is 0 Å². The predicted molar refractivity (Wildman–Crippen MR) is 87.4 cm³/mol. The van der Waals surface area contributed by atoms with Gasteiger partial charge in [0, 0.05) is 6.07 Å². The van der Waals surface area contributed by atoms with Gasteiger partial charge in [-0.25, -0.2) is 17.9 Å². The molecule has 1 aromatic carbocycles. The van der Waals surface area contributed by atoms with Crippen molar-refractivity contribution >= 4 is 27.7 Å². The summed E-state index contributed by atoms with van der Waals surface area (Å²) in [5, 5.41) is 6.04. The van der Waals surface area contributed by atoms with E-state index in [2.05, 4.69) is 15.2 Å². The lowest BCUT2D eigenvalue weighted by Crippen LogP contribution is -2.30. The molecule has 25 heavy (non-hydrogen) atoms. The largest absolute Gasteiger partial charge is 0.449 e. The molecule has 0 aliphatic heterocycles. The van der Waals surface area contributed by atoms with Crippen LogP contribution in [0.3, 0.4) is 0 Å². The molecular formula is C15H17N3O6S. The molecule has 0 bridgehead atoms. The van der Waals surface area contributed by atoms with Crippen LogP contribution in [0.25, 0.3) is 0 Å². The molecule has 0 radical (unpaired) electrons. The highest BCUT2D eigenvalue weighted by Gasteiger charge is 2.21. The number of sulfonamides is 1. The second-order valence-electron chi connectivity index (χ2n) is 5.09. The van der Waals surface area contributed by atoms with Gasteiger partial charge in [0.15, 0.2) is 11.9 Å². The molecule has 134 valence electrons. The average Bonchev–Trinajstić information content (AvgIpc) is 2.99. The summed E-state index contributed by atoms with van der Waals surface area (Å²) in [5.41, 5.74) is 0.00764. The van der Waals surface area contributed by atoms with E-state index in [4.69, 9.17) is 9.26 Å². The van der Waals surface area contributed by atoms with Crippen molar-refractivity contribution in [2.75, 3.05) is 12.4 Å². The quantitative estimate of drug-likeness (QED) is 0.731. The van der Waals surface area contributed by atoms with Gasteiger partial charge in [-0.2, -0.15) is 0 Å². The maximum absolute atomic E-state index is 12.1. The van der Waals surface area contributed by atoms with Crippen LogP contribution in [0.15, 0.2) is 39.8 Å².